The largest absolute Gasteiger partial charge is 0.297 e. The predicted molar refractivity (Wildman–Crippen MR) is 52.9 cm³/mol. The van der Waals surface area contributed by atoms with Crippen LogP contribution in [-0.4, -0.2) is 16.9 Å². The Kier molecular flexibility index (Phi) is 2.17. The molecule has 2 heterocycles. The van der Waals surface area contributed by atoms with Gasteiger partial charge in [0.2, 0.25) is 0 Å². The SMILES string of the molecule is CCc1nc(=O)c2c(s1)CN(C)C2. The van der Waals surface area contributed by atoms with E-state index < -0.39 is 0 Å². The smallest absolute Gasteiger partial charge is 0.276 e. The fourth-order valence-electron chi connectivity index (χ4n) is 1.53. The molecule has 0 saturated heterocycles. The number of aromatic nitrogens is 1. The molecule has 3 nitrogen and oxygen atoms in total. The molecule has 0 spiro atoms. The molecule has 0 aliphatic carbocycles. The Morgan fingerprint density at radius 2 is 2.31 bits per heavy atom. The Hall–Kier alpha value is -0.740. The number of hydrogen-bond donors (Lipinski definition) is 0. The van der Waals surface area contributed by atoms with E-state index >= 15 is 0 Å². The topological polar surface area (TPSA) is 33.2 Å². The van der Waals surface area contributed by atoms with Crippen LogP contribution in [0.1, 0.15) is 22.4 Å². The van der Waals surface area contributed by atoms with Gasteiger partial charge in [0.25, 0.3) is 5.56 Å². The van der Waals surface area contributed by atoms with Gasteiger partial charge < -0.3 is 0 Å². The Morgan fingerprint density at radius 3 is 3.00 bits per heavy atom. The van der Waals surface area contributed by atoms with Crippen LogP contribution in [0.2, 0.25) is 0 Å². The summed E-state index contributed by atoms with van der Waals surface area (Å²) in [6, 6.07) is 0. The molecule has 4 heteroatoms. The average Bonchev–Trinajstić information content (AvgIpc) is 2.46. The molecule has 1 aliphatic heterocycles. The summed E-state index contributed by atoms with van der Waals surface area (Å²) in [6.45, 7) is 3.70. The zero-order valence-electron chi connectivity index (χ0n) is 7.83. The van der Waals surface area contributed by atoms with Gasteiger partial charge >= 0.3 is 0 Å². The van der Waals surface area contributed by atoms with Crippen LogP contribution in [0.25, 0.3) is 0 Å². The van der Waals surface area contributed by atoms with Gasteiger partial charge in [-0.15, -0.1) is 11.3 Å². The normalized spacial score (nSPS) is 16.2. The van der Waals surface area contributed by atoms with Crippen molar-refractivity contribution in [1.29, 1.82) is 0 Å². The lowest BCUT2D eigenvalue weighted by atomic mass is 10.3. The Labute approximate surface area is 81.0 Å². The molecule has 1 aromatic heterocycles. The number of hydrogen-bond acceptors (Lipinski definition) is 4. The van der Waals surface area contributed by atoms with E-state index in [1.54, 1.807) is 11.3 Å². The predicted octanol–water partition coefficient (Wildman–Crippen LogP) is 1.01. The molecule has 0 unspecified atom stereocenters. The van der Waals surface area contributed by atoms with Gasteiger partial charge in [-0.05, 0) is 13.5 Å². The molecule has 0 aromatic carbocycles. The van der Waals surface area contributed by atoms with Crippen molar-refractivity contribution in [1.82, 2.24) is 9.88 Å². The van der Waals surface area contributed by atoms with Gasteiger partial charge in [-0.25, -0.2) is 4.98 Å². The molecule has 2 rings (SSSR count). The summed E-state index contributed by atoms with van der Waals surface area (Å²) >= 11 is 1.68. The van der Waals surface area contributed by atoms with Gasteiger partial charge in [-0.2, -0.15) is 0 Å². The van der Waals surface area contributed by atoms with E-state index in [0.29, 0.717) is 0 Å². The van der Waals surface area contributed by atoms with E-state index in [0.717, 1.165) is 30.1 Å². The van der Waals surface area contributed by atoms with Crippen molar-refractivity contribution in [2.45, 2.75) is 26.4 Å². The molecule has 0 N–H and O–H groups in total. The molecule has 0 radical (unpaired) electrons. The van der Waals surface area contributed by atoms with Crippen molar-refractivity contribution in [3.8, 4) is 0 Å². The molecule has 0 fully saturated rings. The van der Waals surface area contributed by atoms with Crippen molar-refractivity contribution in [3.05, 3.63) is 25.8 Å². The lowest BCUT2D eigenvalue weighted by Gasteiger charge is -2.01. The molecule has 13 heavy (non-hydrogen) atoms. The maximum atomic E-state index is 11.5. The summed E-state index contributed by atoms with van der Waals surface area (Å²) in [7, 11) is 2.03. The van der Waals surface area contributed by atoms with Gasteiger partial charge in [-0.1, -0.05) is 6.92 Å². The monoisotopic (exact) mass is 196 g/mol. The highest BCUT2D eigenvalue weighted by Gasteiger charge is 2.20. The van der Waals surface area contributed by atoms with Gasteiger partial charge in [-0.3, -0.25) is 9.69 Å². The highest BCUT2D eigenvalue weighted by Crippen LogP contribution is 2.22. The Balaban J connectivity index is 2.53. The van der Waals surface area contributed by atoms with Crippen LogP contribution in [0.4, 0.5) is 0 Å². The fraction of sp³-hybridized carbons (Fsp3) is 0.556. The minimum Gasteiger partial charge on any atom is -0.297 e. The van der Waals surface area contributed by atoms with Crippen LogP contribution >= 0.6 is 11.3 Å². The standard InChI is InChI=1S/C9H12N2OS/c1-3-8-10-9(12)6-4-11(2)5-7(6)13-8/h3-5H2,1-2H3. The van der Waals surface area contributed by atoms with Crippen LogP contribution in [0.5, 0.6) is 0 Å². The molecule has 1 aromatic rings. The highest BCUT2D eigenvalue weighted by molar-refractivity contribution is 7.11. The molecule has 1 aliphatic rings. The number of nitrogens with zero attached hydrogens (tertiary/aromatic N) is 2. The van der Waals surface area contributed by atoms with E-state index in [4.69, 9.17) is 0 Å². The average molecular weight is 196 g/mol. The van der Waals surface area contributed by atoms with E-state index in [-0.39, 0.29) is 5.56 Å². The Morgan fingerprint density at radius 1 is 1.54 bits per heavy atom. The summed E-state index contributed by atoms with van der Waals surface area (Å²) in [5.74, 6) is 0. The number of rotatable bonds is 1. The van der Waals surface area contributed by atoms with Gasteiger partial charge in [0.1, 0.15) is 0 Å². The maximum absolute atomic E-state index is 11.5. The molecule has 70 valence electrons. The van der Waals surface area contributed by atoms with Crippen LogP contribution in [0, 0.1) is 0 Å². The molecule has 0 amide bonds. The summed E-state index contributed by atoms with van der Waals surface area (Å²) in [6.07, 6.45) is 0.858. The first-order valence-corrected chi connectivity index (χ1v) is 5.22. The van der Waals surface area contributed by atoms with Crippen LogP contribution in [-0.2, 0) is 19.5 Å². The zero-order chi connectivity index (χ0) is 9.42. The van der Waals surface area contributed by atoms with Gasteiger partial charge in [0.05, 0.1) is 5.01 Å². The van der Waals surface area contributed by atoms with Crippen LogP contribution in [0.15, 0.2) is 4.79 Å². The molecular formula is C9H12N2OS. The minimum atomic E-state index is -0.0186. The van der Waals surface area contributed by atoms with Crippen LogP contribution in [0.3, 0.4) is 0 Å². The number of fused-ring (bicyclic) bond motifs is 1. The summed E-state index contributed by atoms with van der Waals surface area (Å²) in [5.41, 5.74) is 0.889. The second-order valence-corrected chi connectivity index (χ2v) is 4.51. The number of aryl methyl sites for hydroxylation is 1. The first kappa shape index (κ1) is 8.84. The van der Waals surface area contributed by atoms with E-state index in [9.17, 15) is 4.79 Å². The highest BCUT2D eigenvalue weighted by atomic mass is 32.1. The second-order valence-electron chi connectivity index (χ2n) is 3.34. The quantitative estimate of drug-likeness (QED) is 0.672. The van der Waals surface area contributed by atoms with Crippen molar-refractivity contribution in [2.75, 3.05) is 7.05 Å². The van der Waals surface area contributed by atoms with Crippen molar-refractivity contribution in [2.24, 2.45) is 0 Å². The molecular weight excluding hydrogens is 184 g/mol. The lowest BCUT2D eigenvalue weighted by Crippen LogP contribution is -2.15. The van der Waals surface area contributed by atoms with Gasteiger partial charge in [0.15, 0.2) is 0 Å². The summed E-state index contributed by atoms with van der Waals surface area (Å²) in [5, 5.41) is 0.957. The minimum absolute atomic E-state index is 0.0186. The second kappa shape index (κ2) is 3.20. The third-order valence-electron chi connectivity index (χ3n) is 2.21. The van der Waals surface area contributed by atoms with Crippen LogP contribution < -0.4 is 5.56 Å². The summed E-state index contributed by atoms with van der Waals surface area (Å²) in [4.78, 5) is 18.9. The third kappa shape index (κ3) is 1.51. The van der Waals surface area contributed by atoms with Crippen molar-refractivity contribution in [3.63, 3.8) is 0 Å². The lowest BCUT2D eigenvalue weighted by molar-refractivity contribution is 0.354. The van der Waals surface area contributed by atoms with E-state index in [1.807, 2.05) is 14.0 Å². The van der Waals surface area contributed by atoms with Gasteiger partial charge in [0, 0.05) is 23.5 Å². The van der Waals surface area contributed by atoms with Crippen molar-refractivity contribution >= 4 is 11.3 Å². The maximum Gasteiger partial charge on any atom is 0.276 e. The third-order valence-corrected chi connectivity index (χ3v) is 3.44. The fourth-order valence-corrected chi connectivity index (χ4v) is 2.65. The summed E-state index contributed by atoms with van der Waals surface area (Å²) < 4.78 is 0. The zero-order valence-corrected chi connectivity index (χ0v) is 8.65. The first-order valence-electron chi connectivity index (χ1n) is 4.41. The first-order chi connectivity index (χ1) is 6.20. The van der Waals surface area contributed by atoms with E-state index in [2.05, 4.69) is 9.88 Å². The molecule has 0 atom stereocenters. The molecule has 0 saturated carbocycles. The Bertz CT molecular complexity index is 386. The molecule has 0 bridgehead atoms. The van der Waals surface area contributed by atoms with Crippen molar-refractivity contribution < 1.29 is 0 Å². The van der Waals surface area contributed by atoms with E-state index in [1.165, 1.54) is 4.88 Å².